The van der Waals surface area contributed by atoms with Crippen LogP contribution in [-0.2, 0) is 20.9 Å². The summed E-state index contributed by atoms with van der Waals surface area (Å²) in [7, 11) is 0. The lowest BCUT2D eigenvalue weighted by molar-refractivity contribution is -0.142. The van der Waals surface area contributed by atoms with E-state index in [1.807, 2.05) is 55.5 Å². The molecule has 0 fully saturated rings. The van der Waals surface area contributed by atoms with Crippen molar-refractivity contribution in [3.05, 3.63) is 71.7 Å². The highest BCUT2D eigenvalue weighted by Crippen LogP contribution is 2.31. The molecule has 0 saturated carbocycles. The Hall–Kier alpha value is -3.21. The van der Waals surface area contributed by atoms with Crippen molar-refractivity contribution in [1.29, 1.82) is 0 Å². The lowest BCUT2D eigenvalue weighted by Crippen LogP contribution is -2.10. The minimum absolute atomic E-state index is 0.148. The van der Waals surface area contributed by atoms with Crippen LogP contribution in [0.4, 0.5) is 0 Å². The molecule has 0 unspecified atom stereocenters. The van der Waals surface area contributed by atoms with Gasteiger partial charge in [-0.2, -0.15) is 0 Å². The largest absolute Gasteiger partial charge is 0.488 e. The van der Waals surface area contributed by atoms with Gasteiger partial charge in [-0.25, -0.2) is 4.79 Å². The fourth-order valence-electron chi connectivity index (χ4n) is 2.69. The number of fused-ring (bicyclic) bond motifs is 1. The molecule has 2 aromatic carbocycles. The maximum atomic E-state index is 12.1. The number of esters is 1. The predicted octanol–water partition coefficient (Wildman–Crippen LogP) is 4.95. The van der Waals surface area contributed by atoms with Crippen LogP contribution in [0.5, 0.6) is 5.75 Å². The lowest BCUT2D eigenvalue weighted by atomic mass is 10.1. The standard InChI is InChI=1S/C22H22O5/c1-3-24-20(22(23)25-4-2)14-17-10-11-19(18-12-13-26-21(17)18)27-15-16-8-6-5-7-9-16/h5-14H,3-4,15H2,1-2H3/b20-14-. The average Bonchev–Trinajstić information content (AvgIpc) is 3.18. The fourth-order valence-corrected chi connectivity index (χ4v) is 2.69. The van der Waals surface area contributed by atoms with Crippen molar-refractivity contribution in [2.24, 2.45) is 0 Å². The van der Waals surface area contributed by atoms with Crippen LogP contribution in [-0.4, -0.2) is 19.2 Å². The van der Waals surface area contributed by atoms with Gasteiger partial charge in [-0.05, 0) is 43.7 Å². The predicted molar refractivity (Wildman–Crippen MR) is 103 cm³/mol. The Labute approximate surface area is 158 Å². The molecule has 0 aliphatic carbocycles. The summed E-state index contributed by atoms with van der Waals surface area (Å²) < 4.78 is 22.1. The van der Waals surface area contributed by atoms with E-state index in [0.717, 1.165) is 16.5 Å². The molecule has 1 heterocycles. The van der Waals surface area contributed by atoms with Gasteiger partial charge in [0, 0.05) is 5.56 Å². The number of ether oxygens (including phenoxy) is 3. The smallest absolute Gasteiger partial charge is 0.373 e. The first-order valence-electron chi connectivity index (χ1n) is 8.91. The summed E-state index contributed by atoms with van der Waals surface area (Å²) in [4.78, 5) is 12.1. The molecule has 0 bridgehead atoms. The van der Waals surface area contributed by atoms with Gasteiger partial charge in [0.15, 0.2) is 0 Å². The molecule has 140 valence electrons. The summed E-state index contributed by atoms with van der Waals surface area (Å²) in [5.74, 6) is 0.368. The summed E-state index contributed by atoms with van der Waals surface area (Å²) in [6.07, 6.45) is 3.23. The van der Waals surface area contributed by atoms with E-state index >= 15 is 0 Å². The molecule has 1 aromatic heterocycles. The molecule has 0 aliphatic heterocycles. The van der Waals surface area contributed by atoms with Crippen LogP contribution < -0.4 is 4.74 Å². The van der Waals surface area contributed by atoms with Gasteiger partial charge >= 0.3 is 5.97 Å². The first kappa shape index (κ1) is 18.6. The summed E-state index contributed by atoms with van der Waals surface area (Å²) in [6.45, 7) is 4.68. The Kier molecular flexibility index (Phi) is 6.15. The van der Waals surface area contributed by atoms with Gasteiger partial charge in [0.1, 0.15) is 17.9 Å². The fraction of sp³-hybridized carbons (Fsp3) is 0.227. The molecule has 0 saturated heterocycles. The van der Waals surface area contributed by atoms with Gasteiger partial charge in [0.05, 0.1) is 24.9 Å². The number of carbonyl (C=O) groups excluding carboxylic acids is 1. The summed E-state index contributed by atoms with van der Waals surface area (Å²) in [5, 5.41) is 0.833. The second-order valence-electron chi connectivity index (χ2n) is 5.75. The lowest BCUT2D eigenvalue weighted by Gasteiger charge is -2.10. The van der Waals surface area contributed by atoms with Gasteiger partial charge in [-0.15, -0.1) is 0 Å². The number of benzene rings is 2. The van der Waals surface area contributed by atoms with Gasteiger partial charge in [-0.3, -0.25) is 0 Å². The molecule has 3 aromatic rings. The molecule has 0 radical (unpaired) electrons. The van der Waals surface area contributed by atoms with Gasteiger partial charge in [0.25, 0.3) is 0 Å². The van der Waals surface area contributed by atoms with Gasteiger partial charge < -0.3 is 18.6 Å². The SMILES string of the molecule is CCOC(=O)/C(=C/c1ccc(OCc2ccccc2)c2ccoc12)OCC. The molecule has 5 nitrogen and oxygen atoms in total. The van der Waals surface area contributed by atoms with Crippen molar-refractivity contribution in [3.63, 3.8) is 0 Å². The average molecular weight is 366 g/mol. The van der Waals surface area contributed by atoms with Crippen molar-refractivity contribution < 1.29 is 23.4 Å². The Morgan fingerprint density at radius 1 is 1.00 bits per heavy atom. The third-order valence-corrected chi connectivity index (χ3v) is 3.91. The first-order chi connectivity index (χ1) is 13.2. The van der Waals surface area contributed by atoms with E-state index in [0.29, 0.717) is 24.5 Å². The zero-order valence-electron chi connectivity index (χ0n) is 15.4. The van der Waals surface area contributed by atoms with Crippen LogP contribution in [0, 0.1) is 0 Å². The molecule has 0 spiro atoms. The summed E-state index contributed by atoms with van der Waals surface area (Å²) in [5.41, 5.74) is 2.43. The number of carbonyl (C=O) groups is 1. The van der Waals surface area contributed by atoms with Crippen LogP contribution in [0.2, 0.25) is 0 Å². The maximum Gasteiger partial charge on any atom is 0.373 e. The van der Waals surface area contributed by atoms with Crippen molar-refractivity contribution in [3.8, 4) is 5.75 Å². The van der Waals surface area contributed by atoms with Crippen molar-refractivity contribution in [2.45, 2.75) is 20.5 Å². The quantitative estimate of drug-likeness (QED) is 0.321. The normalized spacial score (nSPS) is 11.4. The van der Waals surface area contributed by atoms with E-state index < -0.39 is 5.97 Å². The summed E-state index contributed by atoms with van der Waals surface area (Å²) in [6, 6.07) is 15.5. The number of rotatable bonds is 8. The van der Waals surface area contributed by atoms with Crippen molar-refractivity contribution >= 4 is 23.0 Å². The van der Waals surface area contributed by atoms with Crippen LogP contribution in [0.3, 0.4) is 0 Å². The zero-order valence-corrected chi connectivity index (χ0v) is 15.4. The molecule has 3 rings (SSSR count). The van der Waals surface area contributed by atoms with Gasteiger partial charge in [0.2, 0.25) is 5.76 Å². The molecular formula is C22H22O5. The Morgan fingerprint density at radius 2 is 1.78 bits per heavy atom. The minimum atomic E-state index is -0.497. The van der Waals surface area contributed by atoms with Crippen molar-refractivity contribution in [1.82, 2.24) is 0 Å². The Balaban J connectivity index is 1.89. The molecule has 0 atom stereocenters. The van der Waals surface area contributed by atoms with Gasteiger partial charge in [-0.1, -0.05) is 30.3 Å². The molecule has 5 heteroatoms. The van der Waals surface area contributed by atoms with Crippen LogP contribution in [0.1, 0.15) is 25.0 Å². The molecule has 27 heavy (non-hydrogen) atoms. The van der Waals surface area contributed by atoms with E-state index in [4.69, 9.17) is 18.6 Å². The summed E-state index contributed by atoms with van der Waals surface area (Å²) >= 11 is 0. The third kappa shape index (κ3) is 4.50. The number of furan rings is 1. The molecule has 0 amide bonds. The molecular weight excluding hydrogens is 344 g/mol. The first-order valence-corrected chi connectivity index (χ1v) is 8.91. The van der Waals surface area contributed by atoms with E-state index in [1.165, 1.54) is 0 Å². The maximum absolute atomic E-state index is 12.1. The monoisotopic (exact) mass is 366 g/mol. The third-order valence-electron chi connectivity index (χ3n) is 3.91. The molecule has 0 N–H and O–H groups in total. The minimum Gasteiger partial charge on any atom is -0.488 e. The van der Waals surface area contributed by atoms with Crippen LogP contribution in [0.25, 0.3) is 17.0 Å². The van der Waals surface area contributed by atoms with E-state index in [9.17, 15) is 4.79 Å². The van der Waals surface area contributed by atoms with E-state index in [1.54, 1.807) is 19.3 Å². The highest BCUT2D eigenvalue weighted by atomic mass is 16.6. The number of hydrogen-bond acceptors (Lipinski definition) is 5. The van der Waals surface area contributed by atoms with Crippen LogP contribution in [0.15, 0.2) is 65.0 Å². The highest BCUT2D eigenvalue weighted by Gasteiger charge is 2.15. The van der Waals surface area contributed by atoms with E-state index in [-0.39, 0.29) is 12.4 Å². The zero-order chi connectivity index (χ0) is 19.1. The second kappa shape index (κ2) is 8.94. The Bertz CT molecular complexity index is 924. The Morgan fingerprint density at radius 3 is 2.52 bits per heavy atom. The topological polar surface area (TPSA) is 57.9 Å². The highest BCUT2D eigenvalue weighted by molar-refractivity contribution is 5.96. The van der Waals surface area contributed by atoms with Crippen molar-refractivity contribution in [2.75, 3.05) is 13.2 Å². The number of hydrogen-bond donors (Lipinski definition) is 0. The molecule has 0 aliphatic rings. The second-order valence-corrected chi connectivity index (χ2v) is 5.75. The van der Waals surface area contributed by atoms with Crippen LogP contribution >= 0.6 is 0 Å². The van der Waals surface area contributed by atoms with E-state index in [2.05, 4.69) is 0 Å².